The molecule has 6 rings (SSSR count). The van der Waals surface area contributed by atoms with Crippen molar-refractivity contribution in [2.24, 2.45) is 11.8 Å². The number of aliphatic hydroxyl groups is 2. The Morgan fingerprint density at radius 1 is 1.03 bits per heavy atom. The smallest absolute Gasteiger partial charge is 0.309 e. The fourth-order valence-electron chi connectivity index (χ4n) is 5.15. The lowest BCUT2D eigenvalue weighted by atomic mass is 9.75. The molecule has 0 spiro atoms. The number of esters is 1. The quantitative estimate of drug-likeness (QED) is 0.614. The largest absolute Gasteiger partial charge is 0.465 e. The maximum absolute atomic E-state index is 12.3. The van der Waals surface area contributed by atoms with E-state index in [1.54, 1.807) is 6.92 Å². The van der Waals surface area contributed by atoms with Crippen LogP contribution >= 0.6 is 0 Å². The molecule has 2 N–H and O–H groups in total. The minimum absolute atomic E-state index is 0.136. The van der Waals surface area contributed by atoms with Crippen LogP contribution in [0.4, 0.5) is 0 Å². The fourth-order valence-corrected chi connectivity index (χ4v) is 5.15. The van der Waals surface area contributed by atoms with Crippen molar-refractivity contribution in [2.45, 2.75) is 56.4 Å². The van der Waals surface area contributed by atoms with Crippen LogP contribution in [0.15, 0.2) is 12.1 Å². The minimum atomic E-state index is -1.33. The topological polar surface area (TPSA) is 122 Å². The molecular formula is C21H24O10. The molecule has 1 aromatic rings. The van der Waals surface area contributed by atoms with E-state index < -0.39 is 43.1 Å². The average Bonchev–Trinajstić information content (AvgIpc) is 3.37. The van der Waals surface area contributed by atoms with Gasteiger partial charge in [-0.15, -0.1) is 0 Å². The number of rotatable bonds is 2. The first-order valence-corrected chi connectivity index (χ1v) is 10.5. The van der Waals surface area contributed by atoms with Crippen LogP contribution < -0.4 is 9.47 Å². The molecule has 3 saturated heterocycles. The number of hydrogen-bond acceptors (Lipinski definition) is 10. The highest BCUT2D eigenvalue weighted by Crippen LogP contribution is 2.49. The first kappa shape index (κ1) is 19.7. The van der Waals surface area contributed by atoms with Gasteiger partial charge in [0.1, 0.15) is 24.4 Å². The Balaban J connectivity index is 1.31. The Morgan fingerprint density at radius 3 is 2.68 bits per heavy atom. The molecule has 5 aliphatic rings. The predicted octanol–water partition coefficient (Wildman–Crippen LogP) is 0.0264. The first-order chi connectivity index (χ1) is 15.0. The van der Waals surface area contributed by atoms with Gasteiger partial charge in [0.25, 0.3) is 0 Å². The lowest BCUT2D eigenvalue weighted by Gasteiger charge is -2.47. The molecule has 9 atom stereocenters. The summed E-state index contributed by atoms with van der Waals surface area (Å²) in [6, 6.07) is 3.72. The highest BCUT2D eigenvalue weighted by molar-refractivity contribution is 5.76. The van der Waals surface area contributed by atoms with Gasteiger partial charge in [-0.2, -0.15) is 0 Å². The molecule has 0 radical (unpaired) electrons. The number of carbonyl (C=O) groups is 1. The van der Waals surface area contributed by atoms with Crippen molar-refractivity contribution in [3.8, 4) is 11.5 Å². The number of hydrogen-bond donors (Lipinski definition) is 2. The van der Waals surface area contributed by atoms with Gasteiger partial charge in [-0.1, -0.05) is 0 Å². The van der Waals surface area contributed by atoms with Crippen molar-refractivity contribution in [3.63, 3.8) is 0 Å². The zero-order valence-corrected chi connectivity index (χ0v) is 16.8. The molecule has 1 aromatic carbocycles. The van der Waals surface area contributed by atoms with Gasteiger partial charge in [0.2, 0.25) is 6.79 Å². The summed E-state index contributed by atoms with van der Waals surface area (Å²) in [6.45, 7) is 2.28. The Morgan fingerprint density at radius 2 is 1.84 bits per heavy atom. The monoisotopic (exact) mass is 436 g/mol. The summed E-state index contributed by atoms with van der Waals surface area (Å²) in [4.78, 5) is 12.3. The van der Waals surface area contributed by atoms with Gasteiger partial charge in [0, 0.05) is 5.92 Å². The van der Waals surface area contributed by atoms with E-state index in [9.17, 15) is 15.0 Å². The molecule has 0 amide bonds. The van der Waals surface area contributed by atoms with Crippen LogP contribution in [0.2, 0.25) is 0 Å². The van der Waals surface area contributed by atoms with Gasteiger partial charge in [-0.3, -0.25) is 4.79 Å². The molecule has 4 aliphatic heterocycles. The van der Waals surface area contributed by atoms with E-state index in [1.807, 2.05) is 12.1 Å². The van der Waals surface area contributed by atoms with Crippen LogP contribution in [0.3, 0.4) is 0 Å². The van der Waals surface area contributed by atoms with Crippen LogP contribution in [-0.4, -0.2) is 73.2 Å². The van der Waals surface area contributed by atoms with Gasteiger partial charge in [0.05, 0.1) is 25.2 Å². The number of ether oxygens (including phenoxy) is 7. The highest BCUT2D eigenvalue weighted by atomic mass is 16.8. The van der Waals surface area contributed by atoms with Crippen molar-refractivity contribution in [1.82, 2.24) is 0 Å². The summed E-state index contributed by atoms with van der Waals surface area (Å²) in [5, 5.41) is 21.4. The van der Waals surface area contributed by atoms with Gasteiger partial charge in [-0.25, -0.2) is 0 Å². The van der Waals surface area contributed by atoms with Crippen molar-refractivity contribution >= 4 is 5.97 Å². The van der Waals surface area contributed by atoms with E-state index in [0.29, 0.717) is 17.9 Å². The second-order valence-corrected chi connectivity index (χ2v) is 8.59. The SMILES string of the molecule is C[C@@H]1OCC2O[C@@H](O[C@@H]3c4cc5c(cc4C[C@H]4C(=O)OCC34)OCO5)[C@H](O)[C@@H](O)[C@@H]2O1. The Labute approximate surface area is 177 Å². The van der Waals surface area contributed by atoms with Crippen LogP contribution in [-0.2, 0) is 34.9 Å². The maximum atomic E-state index is 12.3. The molecule has 0 saturated carbocycles. The zero-order chi connectivity index (χ0) is 21.3. The van der Waals surface area contributed by atoms with Crippen molar-refractivity contribution in [3.05, 3.63) is 23.3 Å². The Bertz CT molecular complexity index is 887. The van der Waals surface area contributed by atoms with Crippen molar-refractivity contribution < 1.29 is 48.2 Å². The molecule has 10 heteroatoms. The van der Waals surface area contributed by atoms with Gasteiger partial charge < -0.3 is 43.4 Å². The average molecular weight is 436 g/mol. The molecule has 31 heavy (non-hydrogen) atoms. The summed E-state index contributed by atoms with van der Waals surface area (Å²) in [5.74, 6) is 0.350. The summed E-state index contributed by atoms with van der Waals surface area (Å²) in [6.07, 6.45) is -5.55. The number of fused-ring (bicyclic) bond motifs is 4. The maximum Gasteiger partial charge on any atom is 0.309 e. The number of cyclic esters (lactones) is 1. The fraction of sp³-hybridized carbons (Fsp3) is 0.667. The lowest BCUT2D eigenvalue weighted by molar-refractivity contribution is -0.364. The van der Waals surface area contributed by atoms with Gasteiger partial charge in [0.15, 0.2) is 24.1 Å². The van der Waals surface area contributed by atoms with E-state index in [0.717, 1.165) is 11.1 Å². The van der Waals surface area contributed by atoms with E-state index in [4.69, 9.17) is 33.2 Å². The minimum Gasteiger partial charge on any atom is -0.465 e. The summed E-state index contributed by atoms with van der Waals surface area (Å²) >= 11 is 0. The van der Waals surface area contributed by atoms with E-state index >= 15 is 0 Å². The van der Waals surface area contributed by atoms with Crippen LogP contribution in [0, 0.1) is 11.8 Å². The summed E-state index contributed by atoms with van der Waals surface area (Å²) < 4.78 is 39.6. The number of benzene rings is 1. The molecule has 1 aliphatic carbocycles. The van der Waals surface area contributed by atoms with Crippen LogP contribution in [0.5, 0.6) is 11.5 Å². The molecule has 4 heterocycles. The van der Waals surface area contributed by atoms with Crippen molar-refractivity contribution in [1.29, 1.82) is 0 Å². The van der Waals surface area contributed by atoms with E-state index in [-0.39, 0.29) is 37.8 Å². The van der Waals surface area contributed by atoms with Crippen LogP contribution in [0.25, 0.3) is 0 Å². The molecular weight excluding hydrogens is 412 g/mol. The third kappa shape index (κ3) is 3.12. The third-order valence-electron chi connectivity index (χ3n) is 6.77. The van der Waals surface area contributed by atoms with Gasteiger partial charge >= 0.3 is 5.97 Å². The number of carbonyl (C=O) groups excluding carboxylic acids is 1. The summed E-state index contributed by atoms with van der Waals surface area (Å²) in [5.41, 5.74) is 1.73. The Kier molecular flexibility index (Phi) is 4.64. The molecule has 168 valence electrons. The second kappa shape index (κ2) is 7.29. The lowest BCUT2D eigenvalue weighted by Crippen LogP contribution is -2.63. The zero-order valence-electron chi connectivity index (χ0n) is 16.8. The summed E-state index contributed by atoms with van der Waals surface area (Å²) in [7, 11) is 0. The van der Waals surface area contributed by atoms with E-state index in [1.165, 1.54) is 0 Å². The predicted molar refractivity (Wildman–Crippen MR) is 99.0 cm³/mol. The third-order valence-corrected chi connectivity index (χ3v) is 6.77. The molecule has 0 aromatic heterocycles. The van der Waals surface area contributed by atoms with E-state index in [2.05, 4.69) is 0 Å². The highest BCUT2D eigenvalue weighted by Gasteiger charge is 2.52. The first-order valence-electron chi connectivity index (χ1n) is 10.5. The van der Waals surface area contributed by atoms with Crippen molar-refractivity contribution in [2.75, 3.05) is 20.0 Å². The normalized spacial score (nSPS) is 43.1. The number of aliphatic hydroxyl groups excluding tert-OH is 2. The second-order valence-electron chi connectivity index (χ2n) is 8.59. The van der Waals surface area contributed by atoms with Gasteiger partial charge in [-0.05, 0) is 36.6 Å². The Hall–Kier alpha value is -1.95. The van der Waals surface area contributed by atoms with Crippen LogP contribution in [0.1, 0.15) is 24.2 Å². The standard InChI is InChI=1S/C21H24O10/c1-8-25-6-15-19(29-8)16(22)17(23)21(30-15)31-18-10-4-14-13(27-7-28-14)3-9(10)2-11-12(18)5-26-20(11)24/h3-4,8,11-12,15-19,21-23H,2,5-7H2,1H3/t8-,11-,12?,15?,16-,17-,18-,19-,21+/m1/s1. The molecule has 3 fully saturated rings. The molecule has 10 nitrogen and oxygen atoms in total. The molecule has 2 unspecified atom stereocenters. The molecule has 0 bridgehead atoms.